The number of nitrogens with zero attached hydrogens (tertiary/aromatic N) is 3. The zero-order chi connectivity index (χ0) is 25.5. The molecule has 1 fully saturated rings. The Morgan fingerprint density at radius 3 is 2.68 bits per heavy atom. The fourth-order valence-corrected chi connectivity index (χ4v) is 4.61. The lowest BCUT2D eigenvalue weighted by atomic mass is 10.1. The molecule has 2 N–H and O–H groups in total. The van der Waals surface area contributed by atoms with E-state index in [9.17, 15) is 0 Å². The fourth-order valence-electron chi connectivity index (χ4n) is 4.61. The normalized spacial score (nSPS) is 13.7. The van der Waals surface area contributed by atoms with Crippen molar-refractivity contribution in [2.45, 2.75) is 25.7 Å². The second kappa shape index (κ2) is 11.7. The summed E-state index contributed by atoms with van der Waals surface area (Å²) in [6.45, 7) is 2.53. The highest BCUT2D eigenvalue weighted by Gasteiger charge is 2.15. The molecule has 0 amide bonds. The molecule has 37 heavy (non-hydrogen) atoms. The van der Waals surface area contributed by atoms with Gasteiger partial charge in [0.15, 0.2) is 17.3 Å². The quantitative estimate of drug-likeness (QED) is 0.217. The molecule has 8 heteroatoms. The van der Waals surface area contributed by atoms with E-state index in [1.165, 1.54) is 19.3 Å². The maximum absolute atomic E-state index is 6.19. The second-order valence-electron chi connectivity index (χ2n) is 9.04. The lowest BCUT2D eigenvalue weighted by Gasteiger charge is -2.28. The molecule has 5 rings (SSSR count). The molecule has 0 bridgehead atoms. The number of rotatable bonds is 10. The van der Waals surface area contributed by atoms with Gasteiger partial charge in [0.05, 0.1) is 27.0 Å². The highest BCUT2D eigenvalue weighted by Crippen LogP contribution is 2.29. The Kier molecular flexibility index (Phi) is 7.74. The number of para-hydroxylation sites is 1. The minimum atomic E-state index is 0.525. The van der Waals surface area contributed by atoms with E-state index in [1.807, 2.05) is 54.9 Å². The van der Waals surface area contributed by atoms with Crippen molar-refractivity contribution in [1.29, 1.82) is 0 Å². The molecule has 0 radical (unpaired) electrons. The predicted octanol–water partition coefficient (Wildman–Crippen LogP) is 5.64. The average Bonchev–Trinajstić information content (AvgIpc) is 3.36. The summed E-state index contributed by atoms with van der Waals surface area (Å²) >= 11 is 0. The van der Waals surface area contributed by atoms with E-state index in [0.717, 1.165) is 64.6 Å². The number of nitrogens with one attached hydrogen (secondary N) is 2. The van der Waals surface area contributed by atoms with E-state index in [1.54, 1.807) is 14.2 Å². The molecule has 8 nitrogen and oxygen atoms in total. The van der Waals surface area contributed by atoms with Crippen molar-refractivity contribution in [3.05, 3.63) is 71.9 Å². The first-order valence-electron chi connectivity index (χ1n) is 12.7. The number of fused-ring (bicyclic) bond motifs is 1. The summed E-state index contributed by atoms with van der Waals surface area (Å²) in [4.78, 5) is 10.4. The van der Waals surface area contributed by atoms with Gasteiger partial charge in [-0.15, -0.1) is 0 Å². The molecule has 0 unspecified atom stereocenters. The first kappa shape index (κ1) is 24.5. The van der Waals surface area contributed by atoms with Crippen molar-refractivity contribution < 1.29 is 14.2 Å². The van der Waals surface area contributed by atoms with E-state index in [4.69, 9.17) is 19.2 Å². The summed E-state index contributed by atoms with van der Waals surface area (Å²) < 4.78 is 16.9. The Morgan fingerprint density at radius 2 is 1.84 bits per heavy atom. The Hall–Kier alpha value is -4.20. The van der Waals surface area contributed by atoms with Crippen LogP contribution < -0.4 is 24.5 Å². The van der Waals surface area contributed by atoms with Gasteiger partial charge in [0.1, 0.15) is 11.6 Å². The Labute approximate surface area is 217 Å². The van der Waals surface area contributed by atoms with Gasteiger partial charge in [0.25, 0.3) is 0 Å². The minimum Gasteiger partial charge on any atom is -0.493 e. The second-order valence-corrected chi connectivity index (χ2v) is 9.04. The van der Waals surface area contributed by atoms with E-state index in [2.05, 4.69) is 32.5 Å². The topological polar surface area (TPSA) is 84.0 Å². The van der Waals surface area contributed by atoms with Crippen molar-refractivity contribution in [2.24, 2.45) is 5.10 Å². The monoisotopic (exact) mass is 499 g/mol. The molecule has 1 aliphatic heterocycles. The maximum Gasteiger partial charge on any atom is 0.160 e. The Morgan fingerprint density at radius 1 is 1.00 bits per heavy atom. The summed E-state index contributed by atoms with van der Waals surface area (Å²) in [6.07, 6.45) is 8.12. The third-order valence-corrected chi connectivity index (χ3v) is 6.58. The summed E-state index contributed by atoms with van der Waals surface area (Å²) in [5.41, 5.74) is 6.32. The summed E-state index contributed by atoms with van der Waals surface area (Å²) in [7, 11) is 3.28. The number of benzene rings is 2. The average molecular weight is 500 g/mol. The molecule has 192 valence electrons. The number of pyridine rings is 1. The van der Waals surface area contributed by atoms with Crippen molar-refractivity contribution in [1.82, 2.24) is 9.97 Å². The van der Waals surface area contributed by atoms with Crippen molar-refractivity contribution in [3.63, 3.8) is 0 Å². The summed E-state index contributed by atoms with van der Waals surface area (Å²) in [5.74, 6) is 3.77. The van der Waals surface area contributed by atoms with Crippen LogP contribution in [0.25, 0.3) is 10.9 Å². The van der Waals surface area contributed by atoms with Gasteiger partial charge in [-0.05, 0) is 43.0 Å². The number of piperidine rings is 1. The largest absolute Gasteiger partial charge is 0.493 e. The number of aromatic nitrogens is 2. The molecule has 0 spiro atoms. The van der Waals surface area contributed by atoms with Crippen LogP contribution in [0, 0.1) is 0 Å². The molecular weight excluding hydrogens is 466 g/mol. The third-order valence-electron chi connectivity index (χ3n) is 6.58. The smallest absolute Gasteiger partial charge is 0.160 e. The van der Waals surface area contributed by atoms with Gasteiger partial charge in [0.2, 0.25) is 0 Å². The first-order chi connectivity index (χ1) is 18.2. The Bertz CT molecular complexity index is 1360. The van der Waals surface area contributed by atoms with Gasteiger partial charge in [-0.3, -0.25) is 5.43 Å². The summed E-state index contributed by atoms with van der Waals surface area (Å²) in [6, 6.07) is 18.0. The predicted molar refractivity (Wildman–Crippen MR) is 149 cm³/mol. The van der Waals surface area contributed by atoms with E-state index < -0.39 is 0 Å². The van der Waals surface area contributed by atoms with E-state index in [-0.39, 0.29) is 0 Å². The zero-order valence-electron chi connectivity index (χ0n) is 21.4. The van der Waals surface area contributed by atoms with Gasteiger partial charge in [0, 0.05) is 54.3 Å². The number of ether oxygens (including phenoxy) is 3. The van der Waals surface area contributed by atoms with Crippen LogP contribution in [0.15, 0.2) is 65.9 Å². The molecule has 2 aromatic carbocycles. The lowest BCUT2D eigenvalue weighted by molar-refractivity contribution is 0.320. The maximum atomic E-state index is 6.19. The molecule has 1 aliphatic rings. The van der Waals surface area contributed by atoms with E-state index >= 15 is 0 Å². The van der Waals surface area contributed by atoms with Crippen LogP contribution in [0.1, 0.15) is 30.4 Å². The molecule has 3 heterocycles. The standard InChI is InChI=1S/C29H33N5O3/c1-35-26-11-10-21(16-27(26)36-2)12-15-37-23-17-28(32-29(18-23)34-13-6-3-7-14-34)33-31-20-22-19-30-25-9-5-4-8-24(22)25/h4-5,8-11,16-20,30H,3,6-7,12-15H2,1-2H3,(H,32,33)/b31-20+. The Balaban J connectivity index is 1.30. The highest BCUT2D eigenvalue weighted by atomic mass is 16.5. The number of methoxy groups -OCH3 is 2. The van der Waals surface area contributed by atoms with Crippen molar-refractivity contribution in [3.8, 4) is 17.2 Å². The molecule has 1 saturated heterocycles. The fraction of sp³-hybridized carbons (Fsp3) is 0.310. The molecule has 0 saturated carbocycles. The number of hydrazone groups is 1. The van der Waals surface area contributed by atoms with Gasteiger partial charge >= 0.3 is 0 Å². The van der Waals surface area contributed by atoms with Crippen LogP contribution in [0.5, 0.6) is 17.2 Å². The van der Waals surface area contributed by atoms with Crippen LogP contribution in [0.3, 0.4) is 0 Å². The van der Waals surface area contributed by atoms with Crippen LogP contribution in [0.4, 0.5) is 11.6 Å². The molecule has 2 aromatic heterocycles. The van der Waals surface area contributed by atoms with Crippen LogP contribution in [-0.4, -0.2) is 50.1 Å². The molecule has 0 aliphatic carbocycles. The first-order valence-corrected chi connectivity index (χ1v) is 12.7. The van der Waals surface area contributed by atoms with Gasteiger partial charge in [-0.25, -0.2) is 4.98 Å². The zero-order valence-corrected chi connectivity index (χ0v) is 21.4. The molecular formula is C29H33N5O3. The van der Waals surface area contributed by atoms with Crippen LogP contribution in [-0.2, 0) is 6.42 Å². The number of anilines is 2. The minimum absolute atomic E-state index is 0.525. The third kappa shape index (κ3) is 5.97. The number of hydrogen-bond donors (Lipinski definition) is 2. The summed E-state index contributed by atoms with van der Waals surface area (Å²) in [5, 5.41) is 5.59. The SMILES string of the molecule is COc1ccc(CCOc2cc(N/N=C/c3c[nH]c4ccccc34)nc(N3CCCCC3)c2)cc1OC. The van der Waals surface area contributed by atoms with Gasteiger partial charge in [-0.2, -0.15) is 5.10 Å². The van der Waals surface area contributed by atoms with Crippen LogP contribution >= 0.6 is 0 Å². The highest BCUT2D eigenvalue weighted by molar-refractivity contribution is 5.99. The number of H-pyrrole nitrogens is 1. The van der Waals surface area contributed by atoms with Crippen molar-refractivity contribution in [2.75, 3.05) is 44.2 Å². The number of aromatic amines is 1. The molecule has 4 aromatic rings. The molecule has 0 atom stereocenters. The lowest BCUT2D eigenvalue weighted by Crippen LogP contribution is -2.30. The number of hydrogen-bond acceptors (Lipinski definition) is 7. The van der Waals surface area contributed by atoms with Crippen molar-refractivity contribution >= 4 is 28.8 Å². The van der Waals surface area contributed by atoms with Gasteiger partial charge < -0.3 is 24.1 Å². The van der Waals surface area contributed by atoms with E-state index in [0.29, 0.717) is 12.4 Å². The van der Waals surface area contributed by atoms with Gasteiger partial charge in [-0.1, -0.05) is 24.3 Å². The van der Waals surface area contributed by atoms with Crippen LogP contribution in [0.2, 0.25) is 0 Å².